The molecule has 2 aromatic carbocycles. The Morgan fingerprint density at radius 3 is 2.67 bits per heavy atom. The molecule has 5 heteroatoms. The highest BCUT2D eigenvalue weighted by molar-refractivity contribution is 5.71. The highest BCUT2D eigenvalue weighted by atomic mass is 16.5. The van der Waals surface area contributed by atoms with E-state index < -0.39 is 0 Å². The Balaban J connectivity index is 1.86. The summed E-state index contributed by atoms with van der Waals surface area (Å²) in [6, 6.07) is 13.2. The summed E-state index contributed by atoms with van der Waals surface area (Å²) >= 11 is 0. The molecule has 0 bridgehead atoms. The summed E-state index contributed by atoms with van der Waals surface area (Å²) in [6.07, 6.45) is 0.576. The Morgan fingerprint density at radius 1 is 1.14 bits per heavy atom. The summed E-state index contributed by atoms with van der Waals surface area (Å²) in [4.78, 5) is 4.31. The van der Waals surface area contributed by atoms with Crippen molar-refractivity contribution in [2.45, 2.75) is 13.3 Å². The molecule has 3 rings (SSSR count). The molecule has 0 saturated heterocycles. The van der Waals surface area contributed by atoms with E-state index in [1.807, 2.05) is 31.2 Å². The minimum atomic E-state index is -0.0389. The molecule has 0 aliphatic carbocycles. The molecule has 0 fully saturated rings. The average molecular weight is 281 g/mol. The van der Waals surface area contributed by atoms with Crippen LogP contribution in [0.25, 0.3) is 11.5 Å². The Bertz CT molecular complexity index is 763. The summed E-state index contributed by atoms with van der Waals surface area (Å²) in [7, 11) is 0. The zero-order valence-corrected chi connectivity index (χ0v) is 11.6. The van der Waals surface area contributed by atoms with Crippen LogP contribution in [0.5, 0.6) is 5.75 Å². The van der Waals surface area contributed by atoms with Gasteiger partial charge in [0.25, 0.3) is 5.89 Å². The lowest BCUT2D eigenvalue weighted by Gasteiger charge is -2.01. The number of nitrogens with zero attached hydrogens (tertiary/aromatic N) is 2. The van der Waals surface area contributed by atoms with Gasteiger partial charge in [-0.3, -0.25) is 0 Å². The standard InChI is InChI=1S/C16H15N3O2/c1-10-5-7-11(8-6-10)9-14-18-16(21-19-14)12-3-2-4-13(17)15(12)20/h2-8,20H,9,17H2,1H3. The molecular weight excluding hydrogens is 266 g/mol. The van der Waals surface area contributed by atoms with Crippen LogP contribution in [-0.4, -0.2) is 15.2 Å². The van der Waals surface area contributed by atoms with E-state index in [1.165, 1.54) is 5.56 Å². The average Bonchev–Trinajstić information content (AvgIpc) is 2.93. The van der Waals surface area contributed by atoms with Gasteiger partial charge >= 0.3 is 0 Å². The third kappa shape index (κ3) is 2.72. The van der Waals surface area contributed by atoms with Gasteiger partial charge in [0.15, 0.2) is 11.6 Å². The number of benzene rings is 2. The molecule has 0 aliphatic rings. The van der Waals surface area contributed by atoms with E-state index in [4.69, 9.17) is 10.3 Å². The molecule has 0 unspecified atom stereocenters. The molecule has 0 atom stereocenters. The van der Waals surface area contributed by atoms with Crippen LogP contribution in [0, 0.1) is 6.92 Å². The van der Waals surface area contributed by atoms with Crippen molar-refractivity contribution in [3.63, 3.8) is 0 Å². The molecule has 0 aliphatic heterocycles. The molecular formula is C16H15N3O2. The Hall–Kier alpha value is -2.82. The lowest BCUT2D eigenvalue weighted by Crippen LogP contribution is -1.91. The lowest BCUT2D eigenvalue weighted by molar-refractivity contribution is 0.419. The highest BCUT2D eigenvalue weighted by Crippen LogP contribution is 2.32. The van der Waals surface area contributed by atoms with Crippen molar-refractivity contribution in [2.24, 2.45) is 0 Å². The molecule has 0 amide bonds. The molecule has 0 saturated carbocycles. The third-order valence-electron chi connectivity index (χ3n) is 3.25. The van der Waals surface area contributed by atoms with Crippen molar-refractivity contribution in [1.29, 1.82) is 0 Å². The van der Waals surface area contributed by atoms with Gasteiger partial charge < -0.3 is 15.4 Å². The number of nitrogens with two attached hydrogens (primary N) is 1. The number of para-hydroxylation sites is 1. The van der Waals surface area contributed by atoms with Gasteiger partial charge in [0, 0.05) is 6.42 Å². The van der Waals surface area contributed by atoms with Crippen LogP contribution in [0.1, 0.15) is 17.0 Å². The van der Waals surface area contributed by atoms with Gasteiger partial charge in [-0.05, 0) is 24.6 Å². The number of aryl methyl sites for hydroxylation is 1. The fourth-order valence-electron chi connectivity index (χ4n) is 2.06. The summed E-state index contributed by atoms with van der Waals surface area (Å²) in [5.41, 5.74) is 8.70. The summed E-state index contributed by atoms with van der Waals surface area (Å²) in [5, 5.41) is 13.9. The summed E-state index contributed by atoms with van der Waals surface area (Å²) in [6.45, 7) is 2.04. The predicted octanol–water partition coefficient (Wildman–Crippen LogP) is 2.92. The number of phenolic OH excluding ortho intramolecular Hbond substituents is 1. The van der Waals surface area contributed by atoms with Gasteiger partial charge in [0.1, 0.15) is 0 Å². The largest absolute Gasteiger partial charge is 0.505 e. The number of hydrogen-bond donors (Lipinski definition) is 2. The number of aromatic nitrogens is 2. The van der Waals surface area contributed by atoms with E-state index >= 15 is 0 Å². The van der Waals surface area contributed by atoms with Crippen LogP contribution in [-0.2, 0) is 6.42 Å². The Labute approximate surface area is 122 Å². The zero-order chi connectivity index (χ0) is 14.8. The number of rotatable bonds is 3. The van der Waals surface area contributed by atoms with E-state index in [-0.39, 0.29) is 17.3 Å². The smallest absolute Gasteiger partial charge is 0.261 e. The molecule has 106 valence electrons. The number of phenols is 1. The second kappa shape index (κ2) is 5.28. The van der Waals surface area contributed by atoms with Crippen molar-refractivity contribution in [2.75, 3.05) is 5.73 Å². The zero-order valence-electron chi connectivity index (χ0n) is 11.6. The fraction of sp³-hybridized carbons (Fsp3) is 0.125. The van der Waals surface area contributed by atoms with Crippen molar-refractivity contribution in [3.05, 3.63) is 59.4 Å². The topological polar surface area (TPSA) is 85.2 Å². The Morgan fingerprint density at radius 2 is 1.90 bits per heavy atom. The minimum absolute atomic E-state index is 0.0389. The maximum Gasteiger partial charge on any atom is 0.261 e. The van der Waals surface area contributed by atoms with Gasteiger partial charge in [-0.1, -0.05) is 41.1 Å². The van der Waals surface area contributed by atoms with Crippen LogP contribution in [0.15, 0.2) is 47.0 Å². The molecule has 21 heavy (non-hydrogen) atoms. The maximum absolute atomic E-state index is 9.93. The summed E-state index contributed by atoms with van der Waals surface area (Å²) < 4.78 is 5.21. The SMILES string of the molecule is Cc1ccc(Cc2noc(-c3cccc(N)c3O)n2)cc1. The minimum Gasteiger partial charge on any atom is -0.505 e. The van der Waals surface area contributed by atoms with E-state index in [1.54, 1.807) is 18.2 Å². The normalized spacial score (nSPS) is 10.7. The second-order valence-electron chi connectivity index (χ2n) is 4.92. The van der Waals surface area contributed by atoms with Crippen molar-refractivity contribution in [1.82, 2.24) is 10.1 Å². The monoisotopic (exact) mass is 281 g/mol. The van der Waals surface area contributed by atoms with Crippen LogP contribution in [0.3, 0.4) is 0 Å². The van der Waals surface area contributed by atoms with Gasteiger partial charge in [0.2, 0.25) is 0 Å². The van der Waals surface area contributed by atoms with Crippen LogP contribution in [0.4, 0.5) is 5.69 Å². The molecule has 0 radical (unpaired) electrons. The first-order valence-electron chi connectivity index (χ1n) is 6.59. The first kappa shape index (κ1) is 13.2. The van der Waals surface area contributed by atoms with Crippen molar-refractivity contribution >= 4 is 5.69 Å². The van der Waals surface area contributed by atoms with Crippen LogP contribution < -0.4 is 5.73 Å². The van der Waals surface area contributed by atoms with Crippen molar-refractivity contribution < 1.29 is 9.63 Å². The molecule has 3 aromatic rings. The lowest BCUT2D eigenvalue weighted by atomic mass is 10.1. The number of hydrogen-bond acceptors (Lipinski definition) is 5. The first-order valence-corrected chi connectivity index (χ1v) is 6.59. The molecule has 0 spiro atoms. The van der Waals surface area contributed by atoms with Gasteiger partial charge in [0.05, 0.1) is 11.3 Å². The van der Waals surface area contributed by atoms with E-state index in [0.717, 1.165) is 5.56 Å². The number of nitrogen functional groups attached to an aromatic ring is 1. The number of aromatic hydroxyl groups is 1. The quantitative estimate of drug-likeness (QED) is 0.569. The molecule has 3 N–H and O–H groups in total. The van der Waals surface area contributed by atoms with Gasteiger partial charge in [-0.25, -0.2) is 0 Å². The summed E-state index contributed by atoms with van der Waals surface area (Å²) in [5.74, 6) is 0.792. The van der Waals surface area contributed by atoms with E-state index in [0.29, 0.717) is 17.8 Å². The highest BCUT2D eigenvalue weighted by Gasteiger charge is 2.14. The molecule has 1 heterocycles. The second-order valence-corrected chi connectivity index (χ2v) is 4.92. The molecule has 5 nitrogen and oxygen atoms in total. The van der Waals surface area contributed by atoms with Crippen molar-refractivity contribution in [3.8, 4) is 17.2 Å². The van der Waals surface area contributed by atoms with Crippen LogP contribution >= 0.6 is 0 Å². The first-order chi connectivity index (χ1) is 10.1. The van der Waals surface area contributed by atoms with Gasteiger partial charge in [-0.2, -0.15) is 4.98 Å². The predicted molar refractivity (Wildman–Crippen MR) is 79.8 cm³/mol. The molecule has 1 aromatic heterocycles. The third-order valence-corrected chi connectivity index (χ3v) is 3.25. The Kier molecular flexibility index (Phi) is 3.31. The fourth-order valence-corrected chi connectivity index (χ4v) is 2.06. The van der Waals surface area contributed by atoms with E-state index in [2.05, 4.69) is 10.1 Å². The maximum atomic E-state index is 9.93. The van der Waals surface area contributed by atoms with Crippen LogP contribution in [0.2, 0.25) is 0 Å². The van der Waals surface area contributed by atoms with E-state index in [9.17, 15) is 5.11 Å². The number of anilines is 1. The van der Waals surface area contributed by atoms with Gasteiger partial charge in [-0.15, -0.1) is 0 Å².